The number of pyridine rings is 1. The van der Waals surface area contributed by atoms with Gasteiger partial charge in [-0.2, -0.15) is 18.4 Å². The van der Waals surface area contributed by atoms with Gasteiger partial charge in [-0.25, -0.2) is 4.98 Å². The van der Waals surface area contributed by atoms with Gasteiger partial charge in [-0.1, -0.05) is 96.1 Å². The molecule has 7 heteroatoms. The van der Waals surface area contributed by atoms with Crippen LogP contribution in [0.2, 0.25) is 0 Å². The Morgan fingerprint density at radius 3 is 1.50 bits per heavy atom. The Morgan fingerprint density at radius 2 is 0.984 bits per heavy atom. The number of aromatic nitrogens is 3. The molecule has 0 spiro atoms. The third kappa shape index (κ3) is 6.25. The van der Waals surface area contributed by atoms with Crippen molar-refractivity contribution in [3.63, 3.8) is 0 Å². The standard InChI is InChI=1S/C55H41F3N4/c1-31-19-33(3)53(34(4)20-31)38-15-17-44-42-11-7-9-13-47(42)61(49(44)26-38)51-30-60-52(28-46(51)40-23-37(29-59)24-41(25-40)55(56,57)58)62-48-14-10-8-12-43(48)45-18-16-39(27-50(45)62)54-35(5)21-32(2)22-36(54)6/h7-28,30H,1-6H3. The zero-order valence-corrected chi connectivity index (χ0v) is 35.2. The molecule has 0 saturated heterocycles. The Labute approximate surface area is 357 Å². The van der Waals surface area contributed by atoms with Gasteiger partial charge in [0.15, 0.2) is 0 Å². The van der Waals surface area contributed by atoms with E-state index in [0.717, 1.165) is 89.1 Å². The summed E-state index contributed by atoms with van der Waals surface area (Å²) in [6.07, 6.45) is -2.91. The van der Waals surface area contributed by atoms with Crippen LogP contribution in [0.25, 0.3) is 88.5 Å². The van der Waals surface area contributed by atoms with Gasteiger partial charge in [-0.3, -0.25) is 4.57 Å². The highest BCUT2D eigenvalue weighted by atomic mass is 19.4. The predicted octanol–water partition coefficient (Wildman–Crippen LogP) is 15.0. The van der Waals surface area contributed by atoms with Crippen LogP contribution < -0.4 is 0 Å². The summed E-state index contributed by atoms with van der Waals surface area (Å²) in [5.74, 6) is 0.535. The highest BCUT2D eigenvalue weighted by molar-refractivity contribution is 6.12. The first-order chi connectivity index (χ1) is 29.8. The normalized spacial score (nSPS) is 11.9. The SMILES string of the molecule is Cc1cc(C)c(-c2ccc3c4ccccc4n(-c4cc(-c5cc(C#N)cc(C(F)(F)F)c5)c(-n5c6ccccc6c6ccc(-c7c(C)cc(C)cc7C)cc65)cn4)c3c2)c(C)c1. The number of aryl methyl sites for hydroxylation is 6. The number of rotatable bonds is 5. The number of hydrogen-bond acceptors (Lipinski definition) is 2. The summed E-state index contributed by atoms with van der Waals surface area (Å²) in [4.78, 5) is 5.21. The minimum atomic E-state index is -4.68. The molecule has 0 radical (unpaired) electrons. The third-order valence-electron chi connectivity index (χ3n) is 12.3. The molecule has 3 heterocycles. The Hall–Kier alpha value is -7.43. The molecule has 0 saturated carbocycles. The average Bonchev–Trinajstić information content (AvgIpc) is 3.74. The zero-order chi connectivity index (χ0) is 43.2. The maximum absolute atomic E-state index is 14.7. The summed E-state index contributed by atoms with van der Waals surface area (Å²) in [5.41, 5.74) is 15.4. The molecule has 62 heavy (non-hydrogen) atoms. The fraction of sp³-hybridized carbons (Fsp3) is 0.127. The van der Waals surface area contributed by atoms with Crippen molar-refractivity contribution in [3.05, 3.63) is 184 Å². The molecular formula is C55H41F3N4. The summed E-state index contributed by atoms with van der Waals surface area (Å²) in [5, 5.41) is 14.2. The summed E-state index contributed by atoms with van der Waals surface area (Å²) >= 11 is 0. The van der Waals surface area contributed by atoms with Crippen LogP contribution in [0.15, 0.2) is 140 Å². The van der Waals surface area contributed by atoms with Crippen molar-refractivity contribution < 1.29 is 13.2 Å². The molecule has 0 aliphatic heterocycles. The van der Waals surface area contributed by atoms with E-state index in [1.165, 1.54) is 22.3 Å². The lowest BCUT2D eigenvalue weighted by Gasteiger charge is -2.18. The predicted molar refractivity (Wildman–Crippen MR) is 247 cm³/mol. The molecule has 0 atom stereocenters. The van der Waals surface area contributed by atoms with Crippen molar-refractivity contribution in [3.8, 4) is 51.0 Å². The molecule has 0 N–H and O–H groups in total. The molecule has 0 aliphatic carbocycles. The van der Waals surface area contributed by atoms with Crippen LogP contribution in [0.5, 0.6) is 0 Å². The fourth-order valence-electron chi connectivity index (χ4n) is 10.0. The highest BCUT2D eigenvalue weighted by Crippen LogP contribution is 2.43. The van der Waals surface area contributed by atoms with Crippen LogP contribution in [-0.2, 0) is 6.18 Å². The Bertz CT molecular complexity index is 3490. The van der Waals surface area contributed by atoms with E-state index in [1.807, 2.05) is 48.5 Å². The molecule has 0 unspecified atom stereocenters. The summed E-state index contributed by atoms with van der Waals surface area (Å²) in [7, 11) is 0. The van der Waals surface area contributed by atoms with E-state index < -0.39 is 11.7 Å². The van der Waals surface area contributed by atoms with Crippen molar-refractivity contribution in [1.29, 1.82) is 5.26 Å². The zero-order valence-electron chi connectivity index (χ0n) is 35.2. The van der Waals surface area contributed by atoms with E-state index in [1.54, 1.807) is 12.3 Å². The van der Waals surface area contributed by atoms with Crippen molar-refractivity contribution in [1.82, 2.24) is 14.1 Å². The van der Waals surface area contributed by atoms with Crippen LogP contribution in [0.1, 0.15) is 44.5 Å². The van der Waals surface area contributed by atoms with Crippen LogP contribution in [0, 0.1) is 52.9 Å². The lowest BCUT2D eigenvalue weighted by atomic mass is 9.93. The molecule has 10 aromatic rings. The fourth-order valence-corrected chi connectivity index (χ4v) is 10.0. The number of fused-ring (bicyclic) bond motifs is 6. The van der Waals surface area contributed by atoms with Gasteiger partial charge < -0.3 is 4.57 Å². The number of nitrogens with zero attached hydrogens (tertiary/aromatic N) is 4. The van der Waals surface area contributed by atoms with Gasteiger partial charge >= 0.3 is 6.18 Å². The number of alkyl halides is 3. The van der Waals surface area contributed by atoms with Gasteiger partial charge in [0.2, 0.25) is 0 Å². The van der Waals surface area contributed by atoms with E-state index in [0.29, 0.717) is 17.1 Å². The quantitative estimate of drug-likeness (QED) is 0.174. The van der Waals surface area contributed by atoms with Crippen molar-refractivity contribution in [2.75, 3.05) is 0 Å². The van der Waals surface area contributed by atoms with E-state index >= 15 is 0 Å². The molecule has 0 aliphatic rings. The third-order valence-corrected chi connectivity index (χ3v) is 12.3. The number of halogens is 3. The number of hydrogen-bond donors (Lipinski definition) is 0. The maximum atomic E-state index is 14.7. The van der Waals surface area contributed by atoms with Gasteiger partial charge in [0.05, 0.1) is 51.1 Å². The molecule has 4 nitrogen and oxygen atoms in total. The number of nitriles is 1. The molecule has 0 fully saturated rings. The molecule has 7 aromatic carbocycles. The van der Waals surface area contributed by atoms with E-state index in [4.69, 9.17) is 4.98 Å². The first-order valence-electron chi connectivity index (χ1n) is 20.7. The lowest BCUT2D eigenvalue weighted by Crippen LogP contribution is -2.07. The van der Waals surface area contributed by atoms with Crippen molar-refractivity contribution >= 4 is 43.6 Å². The second-order valence-electron chi connectivity index (χ2n) is 16.7. The molecule has 10 rings (SSSR count). The van der Waals surface area contributed by atoms with Crippen LogP contribution in [0.4, 0.5) is 13.2 Å². The highest BCUT2D eigenvalue weighted by Gasteiger charge is 2.32. The minimum absolute atomic E-state index is 0.0840. The first-order valence-corrected chi connectivity index (χ1v) is 20.7. The summed E-state index contributed by atoms with van der Waals surface area (Å²) in [6, 6.07) is 45.4. The Kier molecular flexibility index (Phi) is 8.97. The smallest absolute Gasteiger partial charge is 0.307 e. The number of para-hydroxylation sites is 2. The minimum Gasteiger partial charge on any atom is -0.307 e. The topological polar surface area (TPSA) is 46.5 Å². The molecule has 0 bridgehead atoms. The van der Waals surface area contributed by atoms with Crippen molar-refractivity contribution in [2.24, 2.45) is 0 Å². The van der Waals surface area contributed by atoms with Gasteiger partial charge in [0.1, 0.15) is 5.82 Å². The largest absolute Gasteiger partial charge is 0.416 e. The van der Waals surface area contributed by atoms with Crippen molar-refractivity contribution in [2.45, 2.75) is 47.7 Å². The number of benzene rings is 7. The first kappa shape index (κ1) is 38.8. The maximum Gasteiger partial charge on any atom is 0.416 e. The summed E-state index contributed by atoms with van der Waals surface area (Å²) in [6.45, 7) is 12.7. The Morgan fingerprint density at radius 1 is 0.500 bits per heavy atom. The second kappa shape index (κ2) is 14.4. The van der Waals surface area contributed by atoms with E-state index in [2.05, 4.69) is 123 Å². The molecule has 3 aromatic heterocycles. The van der Waals surface area contributed by atoms with E-state index in [9.17, 15) is 18.4 Å². The van der Waals surface area contributed by atoms with Gasteiger partial charge in [0.25, 0.3) is 0 Å². The molecule has 0 amide bonds. The van der Waals surface area contributed by atoms with Crippen LogP contribution in [-0.4, -0.2) is 14.1 Å². The van der Waals surface area contributed by atoms with Gasteiger partial charge in [0, 0.05) is 27.1 Å². The van der Waals surface area contributed by atoms with E-state index in [-0.39, 0.29) is 11.1 Å². The summed E-state index contributed by atoms with van der Waals surface area (Å²) < 4.78 is 48.2. The monoisotopic (exact) mass is 814 g/mol. The molecular weight excluding hydrogens is 774 g/mol. The van der Waals surface area contributed by atoms with Gasteiger partial charge in [-0.05, 0) is 140 Å². The average molecular weight is 815 g/mol. The van der Waals surface area contributed by atoms with Gasteiger partial charge in [-0.15, -0.1) is 0 Å². The van der Waals surface area contributed by atoms with Crippen LogP contribution >= 0.6 is 0 Å². The molecule has 302 valence electrons. The lowest BCUT2D eigenvalue weighted by molar-refractivity contribution is -0.137. The Balaban J connectivity index is 1.30. The van der Waals surface area contributed by atoms with Crippen LogP contribution in [0.3, 0.4) is 0 Å². The second-order valence-corrected chi connectivity index (χ2v) is 16.7.